The summed E-state index contributed by atoms with van der Waals surface area (Å²) < 4.78 is 1.52. The number of halogens is 3. The van der Waals surface area contributed by atoms with E-state index in [0.717, 1.165) is 10.0 Å². The zero-order valence-electron chi connectivity index (χ0n) is 11.2. The molecule has 0 saturated heterocycles. The lowest BCUT2D eigenvalue weighted by atomic mass is 10.1. The lowest BCUT2D eigenvalue weighted by Crippen LogP contribution is -2.19. The van der Waals surface area contributed by atoms with Crippen LogP contribution in [0.3, 0.4) is 0 Å². The van der Waals surface area contributed by atoms with Crippen LogP contribution in [-0.2, 0) is 11.2 Å². The van der Waals surface area contributed by atoms with Crippen LogP contribution in [0.5, 0.6) is 5.75 Å². The van der Waals surface area contributed by atoms with Crippen molar-refractivity contribution in [1.29, 1.82) is 0 Å². The van der Waals surface area contributed by atoms with Crippen molar-refractivity contribution in [3.8, 4) is 5.75 Å². The molecule has 0 aliphatic heterocycles. The molecule has 0 aliphatic carbocycles. The molecular weight excluding hydrogens is 482 g/mol. The van der Waals surface area contributed by atoms with E-state index in [-0.39, 0.29) is 18.1 Å². The summed E-state index contributed by atoms with van der Waals surface area (Å²) in [5, 5.41) is 14.4. The van der Waals surface area contributed by atoms with Crippen molar-refractivity contribution in [3.63, 3.8) is 0 Å². The SMILES string of the molecule is O=C(Cc1ccc(Cl)cc1)N/N=C/c1cc(Br)cc(I)c1O. The van der Waals surface area contributed by atoms with E-state index < -0.39 is 0 Å². The number of phenolic OH excluding ortho intramolecular Hbond substituents is 1. The van der Waals surface area contributed by atoms with Gasteiger partial charge in [0.1, 0.15) is 5.75 Å². The number of aromatic hydroxyl groups is 1. The highest BCUT2D eigenvalue weighted by Gasteiger charge is 2.06. The van der Waals surface area contributed by atoms with Crippen LogP contribution >= 0.6 is 50.1 Å². The summed E-state index contributed by atoms with van der Waals surface area (Å²) in [5.74, 6) is -0.123. The number of hydrazone groups is 1. The predicted octanol–water partition coefficient (Wildman–Crippen LogP) is 4.11. The minimum Gasteiger partial charge on any atom is -0.506 e. The maximum atomic E-state index is 11.8. The zero-order valence-corrected chi connectivity index (χ0v) is 15.7. The third-order valence-corrected chi connectivity index (χ3v) is 4.26. The quantitative estimate of drug-likeness (QED) is 0.383. The lowest BCUT2D eigenvalue weighted by molar-refractivity contribution is -0.120. The van der Waals surface area contributed by atoms with Crippen molar-refractivity contribution in [2.75, 3.05) is 0 Å². The van der Waals surface area contributed by atoms with Gasteiger partial charge in [0.25, 0.3) is 0 Å². The normalized spacial score (nSPS) is 10.9. The van der Waals surface area contributed by atoms with Gasteiger partial charge in [-0.25, -0.2) is 5.43 Å². The van der Waals surface area contributed by atoms with E-state index in [4.69, 9.17) is 11.6 Å². The molecule has 2 aromatic carbocycles. The van der Waals surface area contributed by atoms with E-state index in [2.05, 4.69) is 26.5 Å². The molecule has 4 nitrogen and oxygen atoms in total. The highest BCUT2D eigenvalue weighted by Crippen LogP contribution is 2.27. The molecule has 0 spiro atoms. The summed E-state index contributed by atoms with van der Waals surface area (Å²) in [6.45, 7) is 0. The van der Waals surface area contributed by atoms with Crippen molar-refractivity contribution in [2.24, 2.45) is 5.10 Å². The summed E-state index contributed by atoms with van der Waals surface area (Å²) in [6, 6.07) is 10.5. The van der Waals surface area contributed by atoms with Gasteiger partial charge in [-0.1, -0.05) is 39.7 Å². The minimum atomic E-state index is -0.247. The van der Waals surface area contributed by atoms with Crippen molar-refractivity contribution >= 4 is 62.2 Å². The summed E-state index contributed by atoms with van der Waals surface area (Å²) in [7, 11) is 0. The van der Waals surface area contributed by atoms with Gasteiger partial charge in [0, 0.05) is 15.1 Å². The van der Waals surface area contributed by atoms with Crippen LogP contribution < -0.4 is 5.43 Å². The van der Waals surface area contributed by atoms with Crippen molar-refractivity contribution in [2.45, 2.75) is 6.42 Å². The molecule has 0 radical (unpaired) electrons. The number of benzene rings is 2. The van der Waals surface area contributed by atoms with Crippen molar-refractivity contribution < 1.29 is 9.90 Å². The predicted molar refractivity (Wildman–Crippen MR) is 99.4 cm³/mol. The fraction of sp³-hybridized carbons (Fsp3) is 0.0667. The van der Waals surface area contributed by atoms with E-state index >= 15 is 0 Å². The Morgan fingerprint density at radius 2 is 2.05 bits per heavy atom. The Morgan fingerprint density at radius 1 is 1.36 bits per heavy atom. The Morgan fingerprint density at radius 3 is 2.73 bits per heavy atom. The topological polar surface area (TPSA) is 61.7 Å². The third-order valence-electron chi connectivity index (χ3n) is 2.73. The molecule has 0 fully saturated rings. The zero-order chi connectivity index (χ0) is 16.1. The molecule has 0 atom stereocenters. The standard InChI is InChI=1S/C15H11BrClIN2O2/c16-11-6-10(15(22)13(18)7-11)8-19-20-14(21)5-9-1-3-12(17)4-2-9/h1-4,6-8,22H,5H2,(H,20,21)/b19-8+. The van der Waals surface area contributed by atoms with Crippen LogP contribution in [-0.4, -0.2) is 17.2 Å². The molecule has 2 aromatic rings. The average Bonchev–Trinajstić information content (AvgIpc) is 2.46. The lowest BCUT2D eigenvalue weighted by Gasteiger charge is -2.03. The van der Waals surface area contributed by atoms with Gasteiger partial charge in [-0.2, -0.15) is 5.10 Å². The van der Waals surface area contributed by atoms with Gasteiger partial charge in [-0.3, -0.25) is 4.79 Å². The number of carbonyl (C=O) groups excluding carboxylic acids is 1. The fourth-order valence-electron chi connectivity index (χ4n) is 1.69. The first-order valence-corrected chi connectivity index (χ1v) is 8.45. The summed E-state index contributed by atoms with van der Waals surface area (Å²) >= 11 is 11.1. The number of nitrogens with one attached hydrogen (secondary N) is 1. The van der Waals surface area contributed by atoms with Crippen LogP contribution in [0.15, 0.2) is 46.0 Å². The van der Waals surface area contributed by atoms with E-state index in [0.29, 0.717) is 14.2 Å². The largest absolute Gasteiger partial charge is 0.506 e. The second-order valence-electron chi connectivity index (χ2n) is 4.42. The Hall–Kier alpha value is -1.12. The molecule has 7 heteroatoms. The van der Waals surface area contributed by atoms with E-state index in [1.807, 2.05) is 22.6 Å². The molecule has 0 unspecified atom stereocenters. The molecule has 0 saturated carbocycles. The Kier molecular flexibility index (Phi) is 6.22. The Bertz CT molecular complexity index is 720. The number of hydrogen-bond acceptors (Lipinski definition) is 3. The van der Waals surface area contributed by atoms with Gasteiger partial charge in [-0.05, 0) is 52.4 Å². The highest BCUT2D eigenvalue weighted by atomic mass is 127. The maximum absolute atomic E-state index is 11.8. The summed E-state index contributed by atoms with van der Waals surface area (Å²) in [6.07, 6.45) is 1.61. The first kappa shape index (κ1) is 17.2. The maximum Gasteiger partial charge on any atom is 0.244 e. The van der Waals surface area contributed by atoms with E-state index in [1.165, 1.54) is 6.21 Å². The second kappa shape index (κ2) is 7.94. The molecule has 0 aliphatic rings. The average molecular weight is 494 g/mol. The molecule has 2 N–H and O–H groups in total. The van der Waals surface area contributed by atoms with Gasteiger partial charge in [0.2, 0.25) is 5.91 Å². The van der Waals surface area contributed by atoms with Crippen molar-refractivity contribution in [1.82, 2.24) is 5.43 Å². The van der Waals surface area contributed by atoms with Gasteiger partial charge in [-0.15, -0.1) is 0 Å². The third kappa shape index (κ3) is 4.96. The highest BCUT2D eigenvalue weighted by molar-refractivity contribution is 14.1. The number of rotatable bonds is 4. The van der Waals surface area contributed by atoms with Crippen LogP contribution in [0.4, 0.5) is 0 Å². The summed E-state index contributed by atoms with van der Waals surface area (Å²) in [5.41, 5.74) is 3.79. The van der Waals surface area contributed by atoms with E-state index in [9.17, 15) is 9.90 Å². The number of amides is 1. The smallest absolute Gasteiger partial charge is 0.244 e. The number of hydrogen-bond donors (Lipinski definition) is 2. The van der Waals surface area contributed by atoms with Gasteiger partial charge < -0.3 is 5.11 Å². The first-order chi connectivity index (χ1) is 10.5. The van der Waals surface area contributed by atoms with Crippen LogP contribution in [0.2, 0.25) is 5.02 Å². The molecule has 0 aromatic heterocycles. The van der Waals surface area contributed by atoms with Crippen LogP contribution in [0.1, 0.15) is 11.1 Å². The molecule has 114 valence electrons. The minimum absolute atomic E-state index is 0.125. The molecule has 22 heavy (non-hydrogen) atoms. The monoisotopic (exact) mass is 492 g/mol. The Balaban J connectivity index is 1.97. The second-order valence-corrected chi connectivity index (χ2v) is 6.94. The molecular formula is C15H11BrClIN2O2. The number of nitrogens with zero attached hydrogens (tertiary/aromatic N) is 1. The molecule has 0 heterocycles. The summed E-state index contributed by atoms with van der Waals surface area (Å²) in [4.78, 5) is 11.8. The Labute approximate surface area is 154 Å². The van der Waals surface area contributed by atoms with Gasteiger partial charge in [0.05, 0.1) is 16.2 Å². The molecule has 0 bridgehead atoms. The number of carbonyl (C=O) groups is 1. The van der Waals surface area contributed by atoms with Crippen LogP contribution in [0.25, 0.3) is 0 Å². The van der Waals surface area contributed by atoms with Crippen LogP contribution in [0, 0.1) is 3.57 Å². The van der Waals surface area contributed by atoms with Gasteiger partial charge in [0.15, 0.2) is 0 Å². The molecule has 1 amide bonds. The number of phenols is 1. The first-order valence-electron chi connectivity index (χ1n) is 6.20. The van der Waals surface area contributed by atoms with Crippen molar-refractivity contribution in [3.05, 3.63) is 60.6 Å². The van der Waals surface area contributed by atoms with E-state index in [1.54, 1.807) is 36.4 Å². The van der Waals surface area contributed by atoms with Gasteiger partial charge >= 0.3 is 0 Å². The molecule has 2 rings (SSSR count). The fourth-order valence-corrected chi connectivity index (χ4v) is 3.36.